The van der Waals surface area contributed by atoms with Crippen molar-refractivity contribution < 1.29 is 13.2 Å². The fourth-order valence-corrected chi connectivity index (χ4v) is 3.67. The smallest absolute Gasteiger partial charge is 0.280 e. The maximum Gasteiger partial charge on any atom is 0.280 e. The molecule has 1 aromatic carbocycles. The van der Waals surface area contributed by atoms with Crippen molar-refractivity contribution in [2.75, 3.05) is 29.8 Å². The lowest BCUT2D eigenvalue weighted by molar-refractivity contribution is 0.121. The van der Waals surface area contributed by atoms with Gasteiger partial charge < -0.3 is 14.2 Å². The summed E-state index contributed by atoms with van der Waals surface area (Å²) in [7, 11) is -0.200. The molecule has 0 bridgehead atoms. The summed E-state index contributed by atoms with van der Waals surface area (Å²) in [5, 5.41) is 0.00607. The van der Waals surface area contributed by atoms with Gasteiger partial charge in [0.2, 0.25) is 0 Å². The number of aryl methyl sites for hydroxylation is 1. The van der Waals surface area contributed by atoms with Crippen LogP contribution in [0, 0.1) is 0 Å². The molecule has 0 amide bonds. The van der Waals surface area contributed by atoms with Crippen molar-refractivity contribution in [3.63, 3.8) is 0 Å². The zero-order chi connectivity index (χ0) is 16.4. The van der Waals surface area contributed by atoms with E-state index in [0.717, 1.165) is 25.2 Å². The molecule has 1 aromatic heterocycles. The van der Waals surface area contributed by atoms with E-state index < -0.39 is 10.0 Å². The Morgan fingerprint density at radius 1 is 1.30 bits per heavy atom. The number of anilines is 2. The molecule has 0 aliphatic carbocycles. The van der Waals surface area contributed by atoms with Gasteiger partial charge in [-0.25, -0.2) is 4.98 Å². The number of imidazole rings is 1. The van der Waals surface area contributed by atoms with Gasteiger partial charge in [0.15, 0.2) is 5.03 Å². The van der Waals surface area contributed by atoms with Crippen LogP contribution in [0.4, 0.5) is 11.4 Å². The third kappa shape index (κ3) is 3.48. The number of methoxy groups -OCH3 is 1. The van der Waals surface area contributed by atoms with Crippen LogP contribution < -0.4 is 9.62 Å². The van der Waals surface area contributed by atoms with Crippen LogP contribution in [0.1, 0.15) is 6.42 Å². The summed E-state index contributed by atoms with van der Waals surface area (Å²) in [6, 6.07) is 7.34. The second-order valence-electron chi connectivity index (χ2n) is 5.62. The Morgan fingerprint density at radius 2 is 2.04 bits per heavy atom. The Bertz CT molecular complexity index is 770. The summed E-state index contributed by atoms with van der Waals surface area (Å²) in [6.45, 7) is 1.80. The maximum absolute atomic E-state index is 12.2. The molecule has 1 atom stereocenters. The number of nitrogens with one attached hydrogen (secondary N) is 1. The quantitative estimate of drug-likeness (QED) is 0.894. The number of aromatic nitrogens is 2. The standard InChI is InChI=1S/C15H20N4O3S/c1-18-10-15(16-11-18)23(20,21)17-12-3-5-13(6-4-12)19-8-7-14(9-19)22-2/h3-6,10-11,14,17H,7-9H2,1-2H3/t14-/m0/s1. The fraction of sp³-hybridized carbons (Fsp3) is 0.400. The first-order valence-corrected chi connectivity index (χ1v) is 8.85. The van der Waals surface area contributed by atoms with Crippen LogP contribution in [0.5, 0.6) is 0 Å². The Hall–Kier alpha value is -2.06. The van der Waals surface area contributed by atoms with E-state index in [0.29, 0.717) is 5.69 Å². The normalized spacial score (nSPS) is 18.3. The van der Waals surface area contributed by atoms with Crippen molar-refractivity contribution in [1.29, 1.82) is 0 Å². The second kappa shape index (κ2) is 6.21. The number of benzene rings is 1. The molecule has 3 rings (SSSR count). The maximum atomic E-state index is 12.2. The molecular weight excluding hydrogens is 316 g/mol. The topological polar surface area (TPSA) is 76.5 Å². The van der Waals surface area contributed by atoms with Gasteiger partial charge in [-0.1, -0.05) is 0 Å². The minimum absolute atomic E-state index is 0.00607. The zero-order valence-electron chi connectivity index (χ0n) is 13.1. The van der Waals surface area contributed by atoms with Crippen molar-refractivity contribution in [2.45, 2.75) is 17.6 Å². The summed E-state index contributed by atoms with van der Waals surface area (Å²) in [4.78, 5) is 6.10. The molecule has 1 N–H and O–H groups in total. The molecule has 2 aromatic rings. The molecule has 8 heteroatoms. The lowest BCUT2D eigenvalue weighted by Crippen LogP contribution is -2.22. The van der Waals surface area contributed by atoms with E-state index in [9.17, 15) is 8.42 Å². The van der Waals surface area contributed by atoms with E-state index >= 15 is 0 Å². The third-order valence-electron chi connectivity index (χ3n) is 3.92. The molecular formula is C15H20N4O3S. The largest absolute Gasteiger partial charge is 0.380 e. The molecule has 1 aliphatic rings. The van der Waals surface area contributed by atoms with Crippen molar-refractivity contribution >= 4 is 21.4 Å². The minimum atomic E-state index is -3.65. The lowest BCUT2D eigenvalue weighted by Gasteiger charge is -2.18. The van der Waals surface area contributed by atoms with Crippen LogP contribution in [-0.2, 0) is 21.8 Å². The highest BCUT2D eigenvalue weighted by Crippen LogP contribution is 2.24. The average Bonchev–Trinajstić information content (AvgIpc) is 3.16. The number of nitrogens with zero attached hydrogens (tertiary/aromatic N) is 3. The van der Waals surface area contributed by atoms with Gasteiger partial charge >= 0.3 is 0 Å². The summed E-state index contributed by atoms with van der Waals surface area (Å²) in [6.07, 6.45) is 4.19. The predicted octanol–water partition coefficient (Wildman–Crippen LogP) is 1.45. The molecule has 1 saturated heterocycles. The number of hydrogen-bond donors (Lipinski definition) is 1. The molecule has 0 unspecified atom stereocenters. The van der Waals surface area contributed by atoms with Crippen LogP contribution in [0.3, 0.4) is 0 Å². The molecule has 7 nitrogen and oxygen atoms in total. The van der Waals surface area contributed by atoms with Crippen LogP contribution in [0.15, 0.2) is 41.8 Å². The highest BCUT2D eigenvalue weighted by atomic mass is 32.2. The van der Waals surface area contributed by atoms with Gasteiger partial charge in [-0.3, -0.25) is 4.72 Å². The first-order valence-electron chi connectivity index (χ1n) is 7.36. The van der Waals surface area contributed by atoms with Gasteiger partial charge in [-0.15, -0.1) is 0 Å². The van der Waals surface area contributed by atoms with Crippen LogP contribution in [0.2, 0.25) is 0 Å². The van der Waals surface area contributed by atoms with Crippen molar-refractivity contribution in [3.05, 3.63) is 36.8 Å². The Balaban J connectivity index is 1.70. The van der Waals surface area contributed by atoms with E-state index in [1.807, 2.05) is 12.1 Å². The third-order valence-corrected chi connectivity index (χ3v) is 5.19. The van der Waals surface area contributed by atoms with Crippen LogP contribution >= 0.6 is 0 Å². The number of sulfonamides is 1. The lowest BCUT2D eigenvalue weighted by atomic mass is 10.2. The Kier molecular flexibility index (Phi) is 4.27. The first kappa shape index (κ1) is 15.8. The fourth-order valence-electron chi connectivity index (χ4n) is 2.63. The zero-order valence-corrected chi connectivity index (χ0v) is 14.0. The van der Waals surface area contributed by atoms with Gasteiger partial charge in [0.1, 0.15) is 0 Å². The highest BCUT2D eigenvalue weighted by molar-refractivity contribution is 7.92. The molecule has 23 heavy (non-hydrogen) atoms. The summed E-state index contributed by atoms with van der Waals surface area (Å²) in [5.41, 5.74) is 1.58. The van der Waals surface area contributed by atoms with Crippen molar-refractivity contribution in [3.8, 4) is 0 Å². The molecule has 124 valence electrons. The number of hydrogen-bond acceptors (Lipinski definition) is 5. The van der Waals surface area contributed by atoms with Crippen LogP contribution in [-0.4, -0.2) is 44.3 Å². The highest BCUT2D eigenvalue weighted by Gasteiger charge is 2.22. The van der Waals surface area contributed by atoms with Gasteiger partial charge in [-0.05, 0) is 30.7 Å². The van der Waals surface area contributed by atoms with Crippen LogP contribution in [0.25, 0.3) is 0 Å². The summed E-state index contributed by atoms with van der Waals surface area (Å²) in [5.74, 6) is 0. The van der Waals surface area contributed by atoms with Gasteiger partial charge in [0.25, 0.3) is 10.0 Å². The molecule has 0 spiro atoms. The number of rotatable bonds is 5. The molecule has 0 radical (unpaired) electrons. The number of ether oxygens (including phenoxy) is 1. The van der Waals surface area contributed by atoms with E-state index in [4.69, 9.17) is 4.74 Å². The van der Waals surface area contributed by atoms with Crippen molar-refractivity contribution in [1.82, 2.24) is 9.55 Å². The predicted molar refractivity (Wildman–Crippen MR) is 88.1 cm³/mol. The first-order chi connectivity index (χ1) is 11.0. The Labute approximate surface area is 135 Å². The van der Waals surface area contributed by atoms with E-state index in [1.165, 1.54) is 12.5 Å². The summed E-state index contributed by atoms with van der Waals surface area (Å²) < 4.78 is 33.9. The monoisotopic (exact) mass is 336 g/mol. The second-order valence-corrected chi connectivity index (χ2v) is 7.25. The Morgan fingerprint density at radius 3 is 2.61 bits per heavy atom. The minimum Gasteiger partial charge on any atom is -0.380 e. The SMILES string of the molecule is CO[C@H]1CCN(c2ccc(NS(=O)(=O)c3cn(C)cn3)cc2)C1. The van der Waals surface area contributed by atoms with E-state index in [1.54, 1.807) is 30.9 Å². The van der Waals surface area contributed by atoms with Crippen molar-refractivity contribution in [2.24, 2.45) is 7.05 Å². The van der Waals surface area contributed by atoms with Gasteiger partial charge in [0, 0.05) is 44.8 Å². The van der Waals surface area contributed by atoms with Gasteiger partial charge in [0.05, 0.1) is 12.4 Å². The average molecular weight is 336 g/mol. The summed E-state index contributed by atoms with van der Waals surface area (Å²) >= 11 is 0. The molecule has 2 heterocycles. The van der Waals surface area contributed by atoms with E-state index in [2.05, 4.69) is 14.6 Å². The van der Waals surface area contributed by atoms with Gasteiger partial charge in [-0.2, -0.15) is 8.42 Å². The van der Waals surface area contributed by atoms with E-state index in [-0.39, 0.29) is 11.1 Å². The molecule has 0 saturated carbocycles. The molecule has 1 aliphatic heterocycles. The molecule has 1 fully saturated rings.